The van der Waals surface area contributed by atoms with Gasteiger partial charge in [0.15, 0.2) is 0 Å². The monoisotopic (exact) mass is 278 g/mol. The molecule has 6 heteroatoms. The third kappa shape index (κ3) is 2.77. The fourth-order valence-electron chi connectivity index (χ4n) is 1.49. The number of benzene rings is 1. The van der Waals surface area contributed by atoms with Gasteiger partial charge in [0.25, 0.3) is 5.91 Å². The van der Waals surface area contributed by atoms with E-state index < -0.39 is 5.91 Å². The van der Waals surface area contributed by atoms with E-state index in [0.29, 0.717) is 9.23 Å². The molecule has 92 valence electrons. The first-order chi connectivity index (χ1) is 8.58. The van der Waals surface area contributed by atoms with E-state index in [2.05, 4.69) is 0 Å². The Kier molecular flexibility index (Phi) is 3.78. The first-order valence-electron chi connectivity index (χ1n) is 5.16. The highest BCUT2D eigenvalue weighted by molar-refractivity contribution is 8.26. The number of hydrogen-bond acceptors (Lipinski definition) is 4. The largest absolute Gasteiger partial charge is 0.368 e. The van der Waals surface area contributed by atoms with E-state index in [-0.39, 0.29) is 12.5 Å². The Labute approximate surface area is 114 Å². The summed E-state index contributed by atoms with van der Waals surface area (Å²) in [6, 6.07) is 9.45. The van der Waals surface area contributed by atoms with Crippen LogP contribution < -0.4 is 5.73 Å². The molecule has 2 rings (SSSR count). The number of thioether (sulfide) groups is 1. The predicted molar refractivity (Wildman–Crippen MR) is 75.5 cm³/mol. The zero-order chi connectivity index (χ0) is 13.1. The lowest BCUT2D eigenvalue weighted by Crippen LogP contribution is -2.36. The Bertz CT molecular complexity index is 540. The number of thiocarbonyl (C=S) groups is 1. The number of rotatable bonds is 3. The van der Waals surface area contributed by atoms with Gasteiger partial charge in [-0.05, 0) is 11.6 Å². The van der Waals surface area contributed by atoms with Gasteiger partial charge in [0.1, 0.15) is 10.9 Å². The van der Waals surface area contributed by atoms with Crippen molar-refractivity contribution in [1.29, 1.82) is 0 Å². The Hall–Kier alpha value is -1.66. The number of nitrogens with zero attached hydrogens (tertiary/aromatic N) is 1. The van der Waals surface area contributed by atoms with Gasteiger partial charge < -0.3 is 5.73 Å². The second-order valence-electron chi connectivity index (χ2n) is 3.64. The highest BCUT2D eigenvalue weighted by Gasteiger charge is 2.32. The molecule has 1 aromatic rings. The van der Waals surface area contributed by atoms with E-state index in [4.69, 9.17) is 18.0 Å². The standard InChI is InChI=1S/C12H10N2O2S2/c13-10(15)7-14-11(16)9(18-12(14)17)6-8-4-2-1-3-5-8/h1-6H,7H2,(H2,13,15)/b9-6-. The van der Waals surface area contributed by atoms with Crippen LogP contribution in [0.4, 0.5) is 0 Å². The minimum absolute atomic E-state index is 0.170. The molecule has 0 saturated carbocycles. The third-order valence-electron chi connectivity index (χ3n) is 2.28. The minimum Gasteiger partial charge on any atom is -0.368 e. The molecule has 0 atom stereocenters. The zero-order valence-electron chi connectivity index (χ0n) is 9.33. The zero-order valence-corrected chi connectivity index (χ0v) is 11.0. The molecule has 1 fully saturated rings. The average molecular weight is 278 g/mol. The Morgan fingerprint density at radius 2 is 2.06 bits per heavy atom. The van der Waals surface area contributed by atoms with Crippen molar-refractivity contribution in [3.8, 4) is 0 Å². The van der Waals surface area contributed by atoms with Crippen LogP contribution in [0.5, 0.6) is 0 Å². The van der Waals surface area contributed by atoms with Crippen LogP contribution in [-0.4, -0.2) is 27.6 Å². The fraction of sp³-hybridized carbons (Fsp3) is 0.0833. The van der Waals surface area contributed by atoms with Gasteiger partial charge in [-0.25, -0.2) is 0 Å². The molecule has 4 nitrogen and oxygen atoms in total. The van der Waals surface area contributed by atoms with Crippen LogP contribution in [0.3, 0.4) is 0 Å². The predicted octanol–water partition coefficient (Wildman–Crippen LogP) is 1.37. The van der Waals surface area contributed by atoms with E-state index in [9.17, 15) is 9.59 Å². The summed E-state index contributed by atoms with van der Waals surface area (Å²) in [5.41, 5.74) is 5.99. The lowest BCUT2D eigenvalue weighted by atomic mass is 10.2. The van der Waals surface area contributed by atoms with Crippen molar-refractivity contribution in [3.63, 3.8) is 0 Å². The van der Waals surface area contributed by atoms with Gasteiger partial charge in [-0.2, -0.15) is 0 Å². The average Bonchev–Trinajstić information content (AvgIpc) is 2.58. The van der Waals surface area contributed by atoms with Gasteiger partial charge >= 0.3 is 0 Å². The molecule has 1 aliphatic rings. The molecule has 1 saturated heterocycles. The maximum atomic E-state index is 12.0. The van der Waals surface area contributed by atoms with Crippen molar-refractivity contribution >= 4 is 46.2 Å². The van der Waals surface area contributed by atoms with E-state index in [0.717, 1.165) is 5.56 Å². The van der Waals surface area contributed by atoms with Crippen molar-refractivity contribution in [3.05, 3.63) is 40.8 Å². The summed E-state index contributed by atoms with van der Waals surface area (Å²) < 4.78 is 0.362. The van der Waals surface area contributed by atoms with E-state index in [1.807, 2.05) is 30.3 Å². The quantitative estimate of drug-likeness (QED) is 0.670. The Morgan fingerprint density at radius 3 is 2.67 bits per heavy atom. The second kappa shape index (κ2) is 5.32. The molecule has 1 aliphatic heterocycles. The lowest BCUT2D eigenvalue weighted by molar-refractivity contribution is -0.127. The smallest absolute Gasteiger partial charge is 0.266 e. The van der Waals surface area contributed by atoms with E-state index in [1.165, 1.54) is 16.7 Å². The molecule has 0 aromatic heterocycles. The van der Waals surface area contributed by atoms with Crippen molar-refractivity contribution < 1.29 is 9.59 Å². The van der Waals surface area contributed by atoms with Crippen molar-refractivity contribution in [1.82, 2.24) is 4.90 Å². The summed E-state index contributed by atoms with van der Waals surface area (Å²) in [4.78, 5) is 24.6. The van der Waals surface area contributed by atoms with Crippen LogP contribution in [0.15, 0.2) is 35.2 Å². The van der Waals surface area contributed by atoms with Crippen LogP contribution in [0.25, 0.3) is 6.08 Å². The van der Waals surface area contributed by atoms with E-state index in [1.54, 1.807) is 6.08 Å². The molecule has 2 amide bonds. The summed E-state index contributed by atoms with van der Waals surface area (Å²) in [7, 11) is 0. The van der Waals surface area contributed by atoms with Crippen LogP contribution in [0.2, 0.25) is 0 Å². The van der Waals surface area contributed by atoms with E-state index >= 15 is 0 Å². The number of carbonyl (C=O) groups is 2. The molecular weight excluding hydrogens is 268 g/mol. The highest BCUT2D eigenvalue weighted by Crippen LogP contribution is 2.32. The summed E-state index contributed by atoms with van der Waals surface area (Å²) in [5, 5.41) is 0. The molecule has 0 spiro atoms. The van der Waals surface area contributed by atoms with Gasteiger partial charge in [-0.15, -0.1) is 0 Å². The molecule has 0 unspecified atom stereocenters. The van der Waals surface area contributed by atoms with Gasteiger partial charge in [0.2, 0.25) is 5.91 Å². The molecule has 2 N–H and O–H groups in total. The number of nitrogens with two attached hydrogens (primary N) is 1. The van der Waals surface area contributed by atoms with Crippen LogP contribution in [0, 0.1) is 0 Å². The summed E-state index contributed by atoms with van der Waals surface area (Å²) in [6.45, 7) is -0.170. The maximum Gasteiger partial charge on any atom is 0.266 e. The lowest BCUT2D eigenvalue weighted by Gasteiger charge is -2.10. The van der Waals surface area contributed by atoms with Gasteiger partial charge in [0.05, 0.1) is 4.91 Å². The molecule has 1 heterocycles. The maximum absolute atomic E-state index is 12.0. The Morgan fingerprint density at radius 1 is 1.39 bits per heavy atom. The summed E-state index contributed by atoms with van der Waals surface area (Å²) in [6.07, 6.45) is 1.75. The number of hydrogen-bond donors (Lipinski definition) is 1. The molecule has 18 heavy (non-hydrogen) atoms. The normalized spacial score (nSPS) is 17.6. The first kappa shape index (κ1) is 12.8. The van der Waals surface area contributed by atoms with Crippen molar-refractivity contribution in [2.75, 3.05) is 6.54 Å². The molecule has 0 radical (unpaired) electrons. The molecule has 1 aromatic carbocycles. The van der Waals surface area contributed by atoms with Crippen LogP contribution >= 0.6 is 24.0 Å². The molecule has 0 aliphatic carbocycles. The van der Waals surface area contributed by atoms with Gasteiger partial charge in [-0.1, -0.05) is 54.3 Å². The molecule has 0 bridgehead atoms. The topological polar surface area (TPSA) is 63.4 Å². The van der Waals surface area contributed by atoms with Crippen molar-refractivity contribution in [2.45, 2.75) is 0 Å². The highest BCUT2D eigenvalue weighted by atomic mass is 32.2. The number of carbonyl (C=O) groups excluding carboxylic acids is 2. The van der Waals surface area contributed by atoms with Gasteiger partial charge in [0, 0.05) is 0 Å². The SMILES string of the molecule is NC(=O)CN1C(=O)/C(=C/c2ccccc2)SC1=S. The second-order valence-corrected chi connectivity index (χ2v) is 5.32. The van der Waals surface area contributed by atoms with Gasteiger partial charge in [-0.3, -0.25) is 14.5 Å². The number of primary amides is 1. The summed E-state index contributed by atoms with van der Waals surface area (Å²) >= 11 is 6.23. The van der Waals surface area contributed by atoms with Crippen LogP contribution in [-0.2, 0) is 9.59 Å². The van der Waals surface area contributed by atoms with Crippen LogP contribution in [0.1, 0.15) is 5.56 Å². The fourth-order valence-corrected chi connectivity index (χ4v) is 2.75. The Balaban J connectivity index is 2.23. The number of amides is 2. The third-order valence-corrected chi connectivity index (χ3v) is 3.66. The summed E-state index contributed by atoms with van der Waals surface area (Å²) in [5.74, 6) is -0.847. The minimum atomic E-state index is -0.577. The first-order valence-corrected chi connectivity index (χ1v) is 6.39. The van der Waals surface area contributed by atoms with Crippen molar-refractivity contribution in [2.24, 2.45) is 5.73 Å². The molecular formula is C12H10N2O2S2.